The topological polar surface area (TPSA) is 80.0 Å². The number of hydrogen-bond donors (Lipinski definition) is 3. The quantitative estimate of drug-likeness (QED) is 0.714. The second-order valence-electron chi connectivity index (χ2n) is 5.45. The van der Waals surface area contributed by atoms with Gasteiger partial charge in [-0.25, -0.2) is 4.98 Å². The van der Waals surface area contributed by atoms with Gasteiger partial charge in [0.05, 0.1) is 5.56 Å². The lowest BCUT2D eigenvalue weighted by atomic mass is 9.94. The minimum Gasteiger partial charge on any atom is -0.367 e. The van der Waals surface area contributed by atoms with Crippen LogP contribution in [0.4, 0.5) is 5.82 Å². The second kappa shape index (κ2) is 7.24. The smallest absolute Gasteiger partial charge is 0.255 e. The van der Waals surface area contributed by atoms with Crippen LogP contribution in [0.2, 0.25) is 0 Å². The largest absolute Gasteiger partial charge is 0.367 e. The highest BCUT2D eigenvalue weighted by atomic mass is 16.1. The first-order valence-electron chi connectivity index (χ1n) is 7.20. The average Bonchev–Trinajstić information content (AvgIpc) is 2.44. The number of rotatable bonds is 7. The van der Waals surface area contributed by atoms with E-state index in [2.05, 4.69) is 15.6 Å². The maximum absolute atomic E-state index is 12.3. The van der Waals surface area contributed by atoms with E-state index >= 15 is 0 Å². The maximum Gasteiger partial charge on any atom is 0.255 e. The van der Waals surface area contributed by atoms with E-state index in [9.17, 15) is 4.79 Å². The monoisotopic (exact) mass is 278 g/mol. The predicted octanol–water partition coefficient (Wildman–Crippen LogP) is 2.15. The molecule has 0 aromatic carbocycles. The summed E-state index contributed by atoms with van der Waals surface area (Å²) in [4.78, 5) is 16.5. The minimum atomic E-state index is -0.344. The molecular formula is C15H26N4O. The van der Waals surface area contributed by atoms with Crippen LogP contribution < -0.4 is 16.4 Å². The molecule has 0 saturated heterocycles. The Bertz CT molecular complexity index is 441. The van der Waals surface area contributed by atoms with Crippen molar-refractivity contribution in [2.45, 2.75) is 52.1 Å². The van der Waals surface area contributed by atoms with Crippen molar-refractivity contribution in [1.82, 2.24) is 10.3 Å². The van der Waals surface area contributed by atoms with Gasteiger partial charge in [-0.05, 0) is 38.8 Å². The van der Waals surface area contributed by atoms with Crippen LogP contribution in [0, 0.1) is 0 Å². The minimum absolute atomic E-state index is 0.141. The van der Waals surface area contributed by atoms with Crippen molar-refractivity contribution >= 4 is 11.7 Å². The third kappa shape index (κ3) is 4.49. The Labute approximate surface area is 121 Å². The van der Waals surface area contributed by atoms with Gasteiger partial charge in [0.2, 0.25) is 0 Å². The van der Waals surface area contributed by atoms with Crippen LogP contribution in [-0.2, 0) is 0 Å². The van der Waals surface area contributed by atoms with E-state index in [1.54, 1.807) is 18.3 Å². The summed E-state index contributed by atoms with van der Waals surface area (Å²) in [7, 11) is 0. The molecule has 0 radical (unpaired) electrons. The molecule has 1 amide bonds. The number of pyridine rings is 1. The van der Waals surface area contributed by atoms with Gasteiger partial charge in [0.1, 0.15) is 5.82 Å². The van der Waals surface area contributed by atoms with Crippen LogP contribution in [0.25, 0.3) is 0 Å². The van der Waals surface area contributed by atoms with Crippen molar-refractivity contribution in [3.63, 3.8) is 0 Å². The number of hydrogen-bond acceptors (Lipinski definition) is 4. The highest BCUT2D eigenvalue weighted by Gasteiger charge is 2.22. The molecule has 1 heterocycles. The number of nitrogens with one attached hydrogen (secondary N) is 2. The first kappa shape index (κ1) is 16.4. The summed E-state index contributed by atoms with van der Waals surface area (Å²) in [5, 5.41) is 6.09. The van der Waals surface area contributed by atoms with Gasteiger partial charge in [-0.1, -0.05) is 13.8 Å². The van der Waals surface area contributed by atoms with Gasteiger partial charge in [0.25, 0.3) is 5.91 Å². The molecule has 5 nitrogen and oxygen atoms in total. The fraction of sp³-hybridized carbons (Fsp3) is 0.600. The van der Waals surface area contributed by atoms with Crippen LogP contribution in [0.5, 0.6) is 0 Å². The molecule has 0 aliphatic heterocycles. The number of aromatic nitrogens is 1. The van der Waals surface area contributed by atoms with Crippen molar-refractivity contribution in [3.8, 4) is 0 Å². The van der Waals surface area contributed by atoms with E-state index in [4.69, 9.17) is 5.73 Å². The average molecular weight is 278 g/mol. The lowest BCUT2D eigenvalue weighted by molar-refractivity contribution is 0.0942. The van der Waals surface area contributed by atoms with E-state index in [-0.39, 0.29) is 17.5 Å². The van der Waals surface area contributed by atoms with Crippen LogP contribution in [-0.4, -0.2) is 29.0 Å². The lowest BCUT2D eigenvalue weighted by Gasteiger charge is -2.27. The van der Waals surface area contributed by atoms with Crippen LogP contribution in [0.15, 0.2) is 18.3 Å². The Kier molecular flexibility index (Phi) is 5.95. The maximum atomic E-state index is 12.3. The summed E-state index contributed by atoms with van der Waals surface area (Å²) in [5.74, 6) is 0.466. The molecule has 0 aliphatic rings. The summed E-state index contributed by atoms with van der Waals surface area (Å²) >= 11 is 0. The molecule has 0 fully saturated rings. The molecule has 0 bridgehead atoms. The second-order valence-corrected chi connectivity index (χ2v) is 5.45. The van der Waals surface area contributed by atoms with Crippen molar-refractivity contribution in [2.24, 2.45) is 5.73 Å². The highest BCUT2D eigenvalue weighted by molar-refractivity contribution is 5.98. The van der Waals surface area contributed by atoms with E-state index in [1.807, 2.05) is 27.7 Å². The van der Waals surface area contributed by atoms with Gasteiger partial charge in [-0.3, -0.25) is 4.79 Å². The Morgan fingerprint density at radius 3 is 2.60 bits per heavy atom. The van der Waals surface area contributed by atoms with Gasteiger partial charge in [-0.15, -0.1) is 0 Å². The van der Waals surface area contributed by atoms with E-state index in [0.717, 1.165) is 12.8 Å². The first-order valence-corrected chi connectivity index (χ1v) is 7.20. The van der Waals surface area contributed by atoms with Gasteiger partial charge in [0, 0.05) is 24.3 Å². The molecule has 4 N–H and O–H groups in total. The molecule has 20 heavy (non-hydrogen) atoms. The SMILES string of the molecule is CCC(N)(CC)CNC(=O)c1cccnc1NC(C)C. The van der Waals surface area contributed by atoms with Gasteiger partial charge < -0.3 is 16.4 Å². The first-order chi connectivity index (χ1) is 9.41. The van der Waals surface area contributed by atoms with E-state index < -0.39 is 0 Å². The lowest BCUT2D eigenvalue weighted by Crippen LogP contribution is -2.49. The van der Waals surface area contributed by atoms with Gasteiger partial charge >= 0.3 is 0 Å². The van der Waals surface area contributed by atoms with Crippen molar-refractivity contribution in [3.05, 3.63) is 23.9 Å². The Morgan fingerprint density at radius 1 is 1.40 bits per heavy atom. The zero-order chi connectivity index (χ0) is 15.2. The van der Waals surface area contributed by atoms with Gasteiger partial charge in [0.15, 0.2) is 0 Å². The number of amides is 1. The van der Waals surface area contributed by atoms with Crippen molar-refractivity contribution in [1.29, 1.82) is 0 Å². The highest BCUT2D eigenvalue weighted by Crippen LogP contribution is 2.14. The molecule has 5 heteroatoms. The third-order valence-electron chi connectivity index (χ3n) is 3.49. The molecule has 0 saturated carbocycles. The molecule has 1 aromatic rings. The summed E-state index contributed by atoms with van der Waals surface area (Å²) < 4.78 is 0. The zero-order valence-electron chi connectivity index (χ0n) is 12.9. The van der Waals surface area contributed by atoms with E-state index in [1.165, 1.54) is 0 Å². The number of nitrogens with zero attached hydrogens (tertiary/aromatic N) is 1. The Hall–Kier alpha value is -1.62. The van der Waals surface area contributed by atoms with Crippen LogP contribution in [0.1, 0.15) is 50.9 Å². The fourth-order valence-corrected chi connectivity index (χ4v) is 1.83. The number of carbonyl (C=O) groups is 1. The Balaban J connectivity index is 2.77. The van der Waals surface area contributed by atoms with Gasteiger partial charge in [-0.2, -0.15) is 0 Å². The predicted molar refractivity (Wildman–Crippen MR) is 82.8 cm³/mol. The molecule has 0 atom stereocenters. The molecule has 0 unspecified atom stereocenters. The normalized spacial score (nSPS) is 11.5. The molecule has 0 aliphatic carbocycles. The van der Waals surface area contributed by atoms with Crippen LogP contribution in [0.3, 0.4) is 0 Å². The Morgan fingerprint density at radius 2 is 2.05 bits per heavy atom. The van der Waals surface area contributed by atoms with Crippen LogP contribution >= 0.6 is 0 Å². The summed E-state index contributed by atoms with van der Waals surface area (Å²) in [6, 6.07) is 3.75. The molecular weight excluding hydrogens is 252 g/mol. The van der Waals surface area contributed by atoms with Crippen molar-refractivity contribution in [2.75, 3.05) is 11.9 Å². The fourth-order valence-electron chi connectivity index (χ4n) is 1.83. The molecule has 1 rings (SSSR count). The number of nitrogens with two attached hydrogens (primary N) is 1. The standard InChI is InChI=1S/C15H26N4O/c1-5-15(16,6-2)10-18-14(20)12-8-7-9-17-13(12)19-11(3)4/h7-9,11H,5-6,10,16H2,1-4H3,(H,17,19)(H,18,20). The third-order valence-corrected chi connectivity index (χ3v) is 3.49. The van der Waals surface area contributed by atoms with Crippen molar-refractivity contribution < 1.29 is 4.79 Å². The molecule has 1 aromatic heterocycles. The number of anilines is 1. The number of carbonyl (C=O) groups excluding carboxylic acids is 1. The molecule has 112 valence electrons. The summed E-state index contributed by atoms with van der Waals surface area (Å²) in [6.07, 6.45) is 3.33. The van der Waals surface area contributed by atoms with E-state index in [0.29, 0.717) is 17.9 Å². The summed E-state index contributed by atoms with van der Waals surface area (Å²) in [5.41, 5.74) is 6.40. The summed E-state index contributed by atoms with van der Waals surface area (Å²) in [6.45, 7) is 8.55. The molecule has 0 spiro atoms. The zero-order valence-corrected chi connectivity index (χ0v) is 12.9.